The van der Waals surface area contributed by atoms with E-state index in [-0.39, 0.29) is 22.2 Å². The van der Waals surface area contributed by atoms with Gasteiger partial charge in [0.2, 0.25) is 0 Å². The predicted molar refractivity (Wildman–Crippen MR) is 128 cm³/mol. The van der Waals surface area contributed by atoms with Crippen molar-refractivity contribution < 1.29 is 18.6 Å². The number of phenolic OH excluding ortho intramolecular Hbond substituents is 1. The molecule has 0 unspecified atom stereocenters. The summed E-state index contributed by atoms with van der Waals surface area (Å²) in [6.45, 7) is 3.45. The molecule has 0 spiro atoms. The van der Waals surface area contributed by atoms with Crippen molar-refractivity contribution in [2.75, 3.05) is 10.5 Å². The van der Waals surface area contributed by atoms with E-state index in [4.69, 9.17) is 11.6 Å². The fourth-order valence-corrected chi connectivity index (χ4v) is 5.31. The Bertz CT molecular complexity index is 1430. The molecular formula is C23H18ClNO4S2. The molecule has 0 saturated heterocycles. The van der Waals surface area contributed by atoms with Crippen molar-refractivity contribution >= 4 is 60.6 Å². The molecule has 3 N–H and O–H groups in total. The largest absolute Gasteiger partial charge is 0.512 e. The second-order valence-electron chi connectivity index (χ2n) is 6.93. The minimum atomic E-state index is -3.91. The van der Waals surface area contributed by atoms with E-state index in [0.717, 1.165) is 22.5 Å². The molecule has 0 aromatic heterocycles. The van der Waals surface area contributed by atoms with E-state index in [1.807, 2.05) is 0 Å². The number of benzene rings is 4. The number of aliphatic hydroxyl groups is 1. The van der Waals surface area contributed by atoms with Crippen molar-refractivity contribution in [2.24, 2.45) is 0 Å². The lowest BCUT2D eigenvalue weighted by Crippen LogP contribution is -2.13. The van der Waals surface area contributed by atoms with Crippen LogP contribution in [0.2, 0.25) is 5.02 Å². The number of phenols is 1. The molecule has 0 bridgehead atoms. The molecule has 0 fully saturated rings. The summed E-state index contributed by atoms with van der Waals surface area (Å²) < 4.78 is 29.0. The molecule has 0 aliphatic heterocycles. The molecule has 0 aliphatic rings. The molecule has 0 atom stereocenters. The number of thioether (sulfide) groups is 1. The van der Waals surface area contributed by atoms with E-state index in [1.54, 1.807) is 60.7 Å². The average Bonchev–Trinajstić information content (AvgIpc) is 2.74. The second-order valence-corrected chi connectivity index (χ2v) is 10.1. The number of rotatable bonds is 6. The standard InChI is InChI=1S/C23H18ClNO4S2/c1-14(26)13-30-22-12-21(19-4-2-3-5-20(19)23(22)27)25-31(28,29)18-9-7-15-10-17(24)8-6-16(15)11-18/h2-12,25-27H,1,13H2. The SMILES string of the molecule is C=C(O)CSc1cc(NS(=O)(=O)c2ccc3cc(Cl)ccc3c2)c2ccccc2c1O. The number of fused-ring (bicyclic) bond motifs is 2. The number of sulfonamides is 1. The van der Waals surface area contributed by atoms with Crippen molar-refractivity contribution in [3.05, 3.63) is 84.1 Å². The molecule has 158 valence electrons. The highest BCUT2D eigenvalue weighted by Crippen LogP contribution is 2.40. The number of halogens is 1. The monoisotopic (exact) mass is 471 g/mol. The number of aromatic hydroxyl groups is 1. The third kappa shape index (κ3) is 4.44. The Balaban J connectivity index is 1.78. The van der Waals surface area contributed by atoms with Gasteiger partial charge in [-0.3, -0.25) is 4.72 Å². The van der Waals surface area contributed by atoms with Gasteiger partial charge < -0.3 is 10.2 Å². The number of anilines is 1. The molecule has 0 saturated carbocycles. The quantitative estimate of drug-likeness (QED) is 0.174. The Morgan fingerprint density at radius 1 is 1.00 bits per heavy atom. The Labute approximate surface area is 189 Å². The minimum Gasteiger partial charge on any atom is -0.512 e. The molecule has 4 aromatic carbocycles. The molecule has 0 radical (unpaired) electrons. The molecule has 8 heteroatoms. The summed E-state index contributed by atoms with van der Waals surface area (Å²) in [5.41, 5.74) is 0.329. The molecule has 0 heterocycles. The van der Waals surface area contributed by atoms with Crippen LogP contribution >= 0.6 is 23.4 Å². The van der Waals surface area contributed by atoms with Crippen molar-refractivity contribution in [3.63, 3.8) is 0 Å². The average molecular weight is 472 g/mol. The van der Waals surface area contributed by atoms with Crippen LogP contribution in [0.25, 0.3) is 21.5 Å². The van der Waals surface area contributed by atoms with E-state index in [1.165, 1.54) is 6.07 Å². The van der Waals surface area contributed by atoms with Crippen LogP contribution in [0.1, 0.15) is 0 Å². The van der Waals surface area contributed by atoms with Gasteiger partial charge >= 0.3 is 0 Å². The summed E-state index contributed by atoms with van der Waals surface area (Å²) in [6, 6.07) is 18.6. The van der Waals surface area contributed by atoms with E-state index in [0.29, 0.717) is 26.4 Å². The van der Waals surface area contributed by atoms with Gasteiger partial charge in [-0.1, -0.05) is 54.6 Å². The highest BCUT2D eigenvalue weighted by molar-refractivity contribution is 7.99. The Morgan fingerprint density at radius 3 is 2.42 bits per heavy atom. The summed E-state index contributed by atoms with van der Waals surface area (Å²) in [7, 11) is -3.91. The molecule has 31 heavy (non-hydrogen) atoms. The Kier molecular flexibility index (Phi) is 5.75. The molecule has 0 aliphatic carbocycles. The lowest BCUT2D eigenvalue weighted by molar-refractivity contribution is 0.420. The van der Waals surface area contributed by atoms with Crippen molar-refractivity contribution in [1.29, 1.82) is 0 Å². The Morgan fingerprint density at radius 2 is 1.68 bits per heavy atom. The van der Waals surface area contributed by atoms with Crippen LogP contribution in [0, 0.1) is 0 Å². The summed E-state index contributed by atoms with van der Waals surface area (Å²) in [5.74, 6) is 0.147. The first-order chi connectivity index (χ1) is 14.7. The normalized spacial score (nSPS) is 11.6. The molecule has 4 rings (SSSR count). The van der Waals surface area contributed by atoms with E-state index in [2.05, 4.69) is 11.3 Å². The fourth-order valence-electron chi connectivity index (χ4n) is 3.26. The first kappa shape index (κ1) is 21.4. The summed E-state index contributed by atoms with van der Waals surface area (Å²) >= 11 is 7.17. The number of hydrogen-bond donors (Lipinski definition) is 3. The number of nitrogens with one attached hydrogen (secondary N) is 1. The van der Waals surface area contributed by atoms with Gasteiger partial charge in [-0.15, -0.1) is 11.8 Å². The van der Waals surface area contributed by atoms with Crippen LogP contribution in [-0.4, -0.2) is 24.4 Å². The number of hydrogen-bond acceptors (Lipinski definition) is 5. The van der Waals surface area contributed by atoms with Crippen LogP contribution in [-0.2, 0) is 10.0 Å². The maximum atomic E-state index is 13.2. The fraction of sp³-hybridized carbons (Fsp3) is 0.0435. The highest BCUT2D eigenvalue weighted by Gasteiger charge is 2.19. The first-order valence-corrected chi connectivity index (χ1v) is 12.1. The van der Waals surface area contributed by atoms with Crippen LogP contribution in [0.5, 0.6) is 5.75 Å². The van der Waals surface area contributed by atoms with Gasteiger partial charge in [0.05, 0.1) is 27.0 Å². The summed E-state index contributed by atoms with van der Waals surface area (Å²) in [5, 5.41) is 23.3. The smallest absolute Gasteiger partial charge is 0.261 e. The van der Waals surface area contributed by atoms with Gasteiger partial charge in [-0.25, -0.2) is 8.42 Å². The molecule has 0 amide bonds. The lowest BCUT2D eigenvalue weighted by atomic mass is 10.1. The maximum Gasteiger partial charge on any atom is 0.261 e. The van der Waals surface area contributed by atoms with Gasteiger partial charge in [-0.2, -0.15) is 0 Å². The van der Waals surface area contributed by atoms with Crippen molar-refractivity contribution in [1.82, 2.24) is 0 Å². The zero-order chi connectivity index (χ0) is 22.2. The number of aliphatic hydroxyl groups excluding tert-OH is 1. The van der Waals surface area contributed by atoms with Crippen LogP contribution in [0.15, 0.2) is 88.9 Å². The first-order valence-electron chi connectivity index (χ1n) is 9.21. The van der Waals surface area contributed by atoms with Gasteiger partial charge in [-0.05, 0) is 41.1 Å². The van der Waals surface area contributed by atoms with Crippen molar-refractivity contribution in [2.45, 2.75) is 9.79 Å². The van der Waals surface area contributed by atoms with Gasteiger partial charge in [0.1, 0.15) is 5.75 Å². The zero-order valence-electron chi connectivity index (χ0n) is 16.2. The van der Waals surface area contributed by atoms with Crippen LogP contribution < -0.4 is 4.72 Å². The van der Waals surface area contributed by atoms with E-state index in [9.17, 15) is 18.6 Å². The second kappa shape index (κ2) is 8.34. The predicted octanol–water partition coefficient (Wildman–Crippen LogP) is 6.32. The Hall–Kier alpha value is -2.87. The van der Waals surface area contributed by atoms with Crippen LogP contribution in [0.4, 0.5) is 5.69 Å². The summed E-state index contributed by atoms with van der Waals surface area (Å²) in [6.07, 6.45) is 0. The summed E-state index contributed by atoms with van der Waals surface area (Å²) in [4.78, 5) is 0.539. The topological polar surface area (TPSA) is 86.6 Å². The van der Waals surface area contributed by atoms with E-state index >= 15 is 0 Å². The third-order valence-corrected chi connectivity index (χ3v) is 7.40. The minimum absolute atomic E-state index is 0.0207. The van der Waals surface area contributed by atoms with Gasteiger partial charge in [0.25, 0.3) is 10.0 Å². The molecule has 4 aromatic rings. The van der Waals surface area contributed by atoms with Crippen LogP contribution in [0.3, 0.4) is 0 Å². The lowest BCUT2D eigenvalue weighted by Gasteiger charge is -2.15. The molecular weight excluding hydrogens is 454 g/mol. The van der Waals surface area contributed by atoms with Gasteiger partial charge in [0.15, 0.2) is 0 Å². The highest BCUT2D eigenvalue weighted by atomic mass is 35.5. The van der Waals surface area contributed by atoms with Gasteiger partial charge in [0, 0.05) is 15.8 Å². The van der Waals surface area contributed by atoms with E-state index < -0.39 is 10.0 Å². The zero-order valence-corrected chi connectivity index (χ0v) is 18.6. The maximum absolute atomic E-state index is 13.2. The molecule has 5 nitrogen and oxygen atoms in total. The third-order valence-electron chi connectivity index (χ3n) is 4.70. The van der Waals surface area contributed by atoms with Crippen molar-refractivity contribution in [3.8, 4) is 5.75 Å².